The van der Waals surface area contributed by atoms with Crippen LogP contribution in [0.1, 0.15) is 24.4 Å². The van der Waals surface area contributed by atoms with E-state index in [0.717, 1.165) is 21.9 Å². The molecule has 6 nitrogen and oxygen atoms in total. The number of fused-ring (bicyclic) bond motifs is 3. The summed E-state index contributed by atoms with van der Waals surface area (Å²) in [4.78, 5) is 28.3. The summed E-state index contributed by atoms with van der Waals surface area (Å²) in [5, 5.41) is 4.46. The second-order valence-corrected chi connectivity index (χ2v) is 5.91. The highest BCUT2D eigenvalue weighted by atomic mass is 16.2. The second kappa shape index (κ2) is 4.81. The molecule has 1 saturated heterocycles. The summed E-state index contributed by atoms with van der Waals surface area (Å²) in [6.45, 7) is 2.03. The lowest BCUT2D eigenvalue weighted by Gasteiger charge is -2.23. The van der Waals surface area contributed by atoms with Crippen LogP contribution in [0.4, 0.5) is 5.82 Å². The molecule has 3 aromatic rings. The molecule has 1 aromatic carbocycles. The quantitative estimate of drug-likeness (QED) is 0.673. The molecule has 0 bridgehead atoms. The molecule has 6 heteroatoms. The van der Waals surface area contributed by atoms with Gasteiger partial charge in [0.2, 0.25) is 11.8 Å². The average Bonchev–Trinajstić information content (AvgIpc) is 2.82. The molecule has 0 aliphatic carbocycles. The zero-order valence-corrected chi connectivity index (χ0v) is 12.7. The molecule has 1 fully saturated rings. The van der Waals surface area contributed by atoms with Crippen molar-refractivity contribution in [1.29, 1.82) is 0 Å². The molecule has 1 aliphatic heterocycles. The van der Waals surface area contributed by atoms with E-state index in [2.05, 4.69) is 10.3 Å². The molecule has 0 spiro atoms. The predicted octanol–water partition coefficient (Wildman–Crippen LogP) is 2.06. The van der Waals surface area contributed by atoms with Crippen molar-refractivity contribution in [2.45, 2.75) is 25.8 Å². The first-order valence-electron chi connectivity index (χ1n) is 7.55. The molecule has 1 atom stereocenters. The number of nitrogens with zero attached hydrogens (tertiary/aromatic N) is 2. The highest BCUT2D eigenvalue weighted by molar-refractivity contribution is 6.10. The minimum atomic E-state index is -0.455. The summed E-state index contributed by atoms with van der Waals surface area (Å²) >= 11 is 0. The maximum Gasteiger partial charge on any atom is 0.249 e. The number of piperidine rings is 1. The number of rotatable bonds is 1. The fourth-order valence-corrected chi connectivity index (χ4v) is 3.40. The van der Waals surface area contributed by atoms with Crippen LogP contribution in [0.3, 0.4) is 0 Å². The Morgan fingerprint density at radius 1 is 1.26 bits per heavy atom. The number of amides is 2. The minimum Gasteiger partial charge on any atom is -0.384 e. The molecule has 23 heavy (non-hydrogen) atoms. The summed E-state index contributed by atoms with van der Waals surface area (Å²) in [7, 11) is 0. The van der Waals surface area contributed by atoms with E-state index in [1.165, 1.54) is 0 Å². The lowest BCUT2D eigenvalue weighted by atomic mass is 10.1. The highest BCUT2D eigenvalue weighted by Crippen LogP contribution is 2.35. The first kappa shape index (κ1) is 13.8. The molecule has 0 radical (unpaired) electrons. The van der Waals surface area contributed by atoms with Crippen molar-refractivity contribution in [2.24, 2.45) is 0 Å². The van der Waals surface area contributed by atoms with Gasteiger partial charge in [-0.25, -0.2) is 4.98 Å². The number of aromatic nitrogens is 2. The fourth-order valence-electron chi connectivity index (χ4n) is 3.40. The largest absolute Gasteiger partial charge is 0.384 e. The number of aryl methyl sites for hydroxylation is 1. The smallest absolute Gasteiger partial charge is 0.249 e. The van der Waals surface area contributed by atoms with Crippen LogP contribution in [0.2, 0.25) is 0 Å². The Balaban J connectivity index is 2.07. The number of imide groups is 1. The van der Waals surface area contributed by atoms with Crippen LogP contribution in [-0.2, 0) is 9.59 Å². The highest BCUT2D eigenvalue weighted by Gasteiger charge is 2.31. The predicted molar refractivity (Wildman–Crippen MR) is 87.8 cm³/mol. The van der Waals surface area contributed by atoms with Crippen LogP contribution in [0, 0.1) is 6.92 Å². The molecule has 116 valence electrons. The van der Waals surface area contributed by atoms with Gasteiger partial charge in [-0.1, -0.05) is 12.1 Å². The molecule has 1 aliphatic rings. The Hall–Kier alpha value is -2.89. The summed E-state index contributed by atoms with van der Waals surface area (Å²) < 4.78 is 1.91. The van der Waals surface area contributed by atoms with Crippen molar-refractivity contribution >= 4 is 39.6 Å². The maximum absolute atomic E-state index is 12.3. The van der Waals surface area contributed by atoms with Gasteiger partial charge in [0.05, 0.1) is 5.52 Å². The summed E-state index contributed by atoms with van der Waals surface area (Å²) in [5.74, 6) is -0.104. The molecule has 2 aromatic heterocycles. The van der Waals surface area contributed by atoms with Gasteiger partial charge in [-0.05, 0) is 37.1 Å². The molecule has 2 amide bonds. The summed E-state index contributed by atoms with van der Waals surface area (Å²) in [5.41, 5.74) is 8.60. The number of carbonyl (C=O) groups is 2. The van der Waals surface area contributed by atoms with Crippen LogP contribution in [0.15, 0.2) is 30.3 Å². The maximum atomic E-state index is 12.3. The first-order chi connectivity index (χ1) is 11.1. The van der Waals surface area contributed by atoms with E-state index in [1.54, 1.807) is 6.07 Å². The van der Waals surface area contributed by atoms with Gasteiger partial charge in [-0.3, -0.25) is 14.9 Å². The lowest BCUT2D eigenvalue weighted by molar-refractivity contribution is -0.135. The van der Waals surface area contributed by atoms with E-state index >= 15 is 0 Å². The molecule has 4 rings (SSSR count). The lowest BCUT2D eigenvalue weighted by Crippen LogP contribution is -2.41. The zero-order valence-electron chi connectivity index (χ0n) is 12.7. The van der Waals surface area contributed by atoms with E-state index < -0.39 is 6.04 Å². The number of benzene rings is 1. The number of anilines is 1. The number of carbonyl (C=O) groups excluding carboxylic acids is 2. The van der Waals surface area contributed by atoms with Crippen molar-refractivity contribution in [2.75, 3.05) is 5.73 Å². The molecule has 1 unspecified atom stereocenters. The van der Waals surface area contributed by atoms with Crippen LogP contribution in [-0.4, -0.2) is 21.4 Å². The number of nitrogens with one attached hydrogen (secondary N) is 1. The molecular formula is C17H16N4O2. The van der Waals surface area contributed by atoms with Crippen LogP contribution in [0.25, 0.3) is 21.9 Å². The standard InChI is InChI=1S/C17H16N4O2/c1-9-3-2-4-11-15(9)10-5-7-13(18)19-16(10)21(11)12-6-8-14(22)20-17(12)23/h2-5,7,12H,6,8H2,1H3,(H2,18,19)(H,20,22,23). The molecular weight excluding hydrogens is 292 g/mol. The van der Waals surface area contributed by atoms with E-state index in [1.807, 2.05) is 35.8 Å². The van der Waals surface area contributed by atoms with E-state index in [0.29, 0.717) is 24.3 Å². The Labute approximate surface area is 132 Å². The van der Waals surface area contributed by atoms with Gasteiger partial charge in [-0.15, -0.1) is 0 Å². The molecule has 3 N–H and O–H groups in total. The van der Waals surface area contributed by atoms with Gasteiger partial charge in [-0.2, -0.15) is 0 Å². The van der Waals surface area contributed by atoms with Gasteiger partial charge >= 0.3 is 0 Å². The minimum absolute atomic E-state index is 0.226. The Morgan fingerprint density at radius 3 is 2.87 bits per heavy atom. The monoisotopic (exact) mass is 308 g/mol. The average molecular weight is 308 g/mol. The normalized spacial score (nSPS) is 18.6. The second-order valence-electron chi connectivity index (χ2n) is 5.91. The number of pyridine rings is 1. The third kappa shape index (κ3) is 1.98. The van der Waals surface area contributed by atoms with Crippen LogP contribution in [0.5, 0.6) is 0 Å². The zero-order chi connectivity index (χ0) is 16.1. The van der Waals surface area contributed by atoms with Crippen LogP contribution >= 0.6 is 0 Å². The van der Waals surface area contributed by atoms with Gasteiger partial charge in [0, 0.05) is 17.2 Å². The van der Waals surface area contributed by atoms with Crippen molar-refractivity contribution in [3.8, 4) is 0 Å². The van der Waals surface area contributed by atoms with Crippen molar-refractivity contribution in [3.63, 3.8) is 0 Å². The van der Waals surface area contributed by atoms with Crippen molar-refractivity contribution in [1.82, 2.24) is 14.9 Å². The van der Waals surface area contributed by atoms with Gasteiger partial charge in [0.25, 0.3) is 0 Å². The molecule has 3 heterocycles. The Kier molecular flexibility index (Phi) is 2.87. The molecule has 0 saturated carbocycles. The number of nitrogens with two attached hydrogens (primary N) is 1. The third-order valence-corrected chi connectivity index (χ3v) is 4.43. The topological polar surface area (TPSA) is 90.0 Å². The Bertz CT molecular complexity index is 974. The van der Waals surface area contributed by atoms with Gasteiger partial charge in [0.1, 0.15) is 17.5 Å². The number of nitrogen functional groups attached to an aromatic ring is 1. The first-order valence-corrected chi connectivity index (χ1v) is 7.55. The summed E-state index contributed by atoms with van der Waals surface area (Å²) in [6.07, 6.45) is 0.791. The number of hydrogen-bond acceptors (Lipinski definition) is 4. The van der Waals surface area contributed by atoms with E-state index in [-0.39, 0.29) is 11.8 Å². The van der Waals surface area contributed by atoms with Crippen LogP contribution < -0.4 is 11.1 Å². The third-order valence-electron chi connectivity index (χ3n) is 4.43. The number of hydrogen-bond donors (Lipinski definition) is 2. The van der Waals surface area contributed by atoms with Gasteiger partial charge < -0.3 is 10.3 Å². The van der Waals surface area contributed by atoms with E-state index in [9.17, 15) is 9.59 Å². The van der Waals surface area contributed by atoms with E-state index in [4.69, 9.17) is 5.73 Å². The summed E-state index contributed by atoms with van der Waals surface area (Å²) in [6, 6.07) is 9.22. The Morgan fingerprint density at radius 2 is 2.09 bits per heavy atom. The van der Waals surface area contributed by atoms with Crippen molar-refractivity contribution in [3.05, 3.63) is 35.9 Å². The van der Waals surface area contributed by atoms with Crippen molar-refractivity contribution < 1.29 is 9.59 Å². The van der Waals surface area contributed by atoms with Gasteiger partial charge in [0.15, 0.2) is 0 Å². The SMILES string of the molecule is Cc1cccc2c1c1ccc(N)nc1n2C1CCC(=O)NC1=O. The fraction of sp³-hybridized carbons (Fsp3) is 0.235.